The highest BCUT2D eigenvalue weighted by Crippen LogP contribution is 2.27. The van der Waals surface area contributed by atoms with Crippen molar-refractivity contribution in [1.29, 1.82) is 0 Å². The number of rotatable bonds is 8. The molecule has 0 radical (unpaired) electrons. The lowest BCUT2D eigenvalue weighted by molar-refractivity contribution is 0.227. The Hall–Kier alpha value is -0.460. The highest BCUT2D eigenvalue weighted by Gasteiger charge is 2.21. The highest BCUT2D eigenvalue weighted by molar-refractivity contribution is 5.15. The third-order valence-corrected chi connectivity index (χ3v) is 4.45. The summed E-state index contributed by atoms with van der Waals surface area (Å²) >= 11 is 0. The lowest BCUT2D eigenvalue weighted by atomic mass is 9.86. The molecule has 0 fully saturated rings. The van der Waals surface area contributed by atoms with Crippen molar-refractivity contribution < 1.29 is 0 Å². The molecule has 0 rings (SSSR count). The van der Waals surface area contributed by atoms with E-state index in [2.05, 4.69) is 74.3 Å². The van der Waals surface area contributed by atoms with E-state index >= 15 is 0 Å². The third-order valence-electron chi connectivity index (χ3n) is 4.45. The van der Waals surface area contributed by atoms with E-state index in [0.29, 0.717) is 11.8 Å². The molecular weight excluding hydrogens is 242 g/mol. The van der Waals surface area contributed by atoms with E-state index in [1.165, 1.54) is 13.0 Å². The quantitative estimate of drug-likeness (QED) is 0.541. The van der Waals surface area contributed by atoms with Crippen LogP contribution in [0.25, 0.3) is 0 Å². The maximum atomic E-state index is 2.53. The Balaban J connectivity index is 5.09. The fraction of sp³-hybridized carbons (Fsp3) is 0.895. The van der Waals surface area contributed by atoms with Gasteiger partial charge in [-0.2, -0.15) is 0 Å². The summed E-state index contributed by atoms with van der Waals surface area (Å²) in [6.45, 7) is 22.2. The summed E-state index contributed by atoms with van der Waals surface area (Å²) in [7, 11) is 2.29. The molecule has 0 aromatic carbocycles. The van der Waals surface area contributed by atoms with Gasteiger partial charge in [0.15, 0.2) is 0 Å². The van der Waals surface area contributed by atoms with Crippen molar-refractivity contribution in [2.45, 2.75) is 68.7 Å². The van der Waals surface area contributed by atoms with E-state index < -0.39 is 0 Å². The molecule has 0 heterocycles. The van der Waals surface area contributed by atoms with Gasteiger partial charge in [-0.25, -0.2) is 0 Å². The van der Waals surface area contributed by atoms with Gasteiger partial charge in [-0.1, -0.05) is 61.0 Å². The maximum Gasteiger partial charge on any atom is 0.0202 e. The summed E-state index contributed by atoms with van der Waals surface area (Å²) in [6, 6.07) is 0. The van der Waals surface area contributed by atoms with Crippen molar-refractivity contribution in [1.82, 2.24) is 4.90 Å². The monoisotopic (exact) mass is 281 g/mol. The molecule has 0 aromatic rings. The zero-order valence-corrected chi connectivity index (χ0v) is 15.7. The number of hydrogen-bond acceptors (Lipinski definition) is 1. The van der Waals surface area contributed by atoms with Crippen LogP contribution in [0.2, 0.25) is 0 Å². The van der Waals surface area contributed by atoms with Crippen molar-refractivity contribution in [3.8, 4) is 0 Å². The van der Waals surface area contributed by atoms with E-state index in [1.54, 1.807) is 11.3 Å². The second kappa shape index (κ2) is 8.74. The van der Waals surface area contributed by atoms with Gasteiger partial charge in [-0.15, -0.1) is 0 Å². The summed E-state index contributed by atoms with van der Waals surface area (Å²) in [6.07, 6.45) is 1.33. The van der Waals surface area contributed by atoms with E-state index in [9.17, 15) is 0 Å². The van der Waals surface area contributed by atoms with Crippen molar-refractivity contribution >= 4 is 0 Å². The largest absolute Gasteiger partial charge is 0.377 e. The average Bonchev–Trinajstić information content (AvgIpc) is 2.26. The van der Waals surface area contributed by atoms with Gasteiger partial charge >= 0.3 is 0 Å². The Morgan fingerprint density at radius 3 is 1.65 bits per heavy atom. The molecule has 0 aliphatic rings. The fourth-order valence-corrected chi connectivity index (χ4v) is 3.11. The van der Waals surface area contributed by atoms with Gasteiger partial charge in [0.1, 0.15) is 0 Å². The minimum absolute atomic E-state index is 0.606. The normalized spacial score (nSPS) is 15.3. The first-order chi connectivity index (χ1) is 9.07. The molecular formula is C19H39N. The van der Waals surface area contributed by atoms with Crippen molar-refractivity contribution in [2.75, 3.05) is 13.6 Å². The fourth-order valence-electron chi connectivity index (χ4n) is 3.11. The Bertz CT molecular complexity index is 297. The van der Waals surface area contributed by atoms with Crippen LogP contribution in [0.3, 0.4) is 0 Å². The molecule has 0 aromatic heterocycles. The molecule has 1 heteroatoms. The molecule has 1 atom stereocenters. The lowest BCUT2D eigenvalue weighted by Gasteiger charge is -2.34. The second-order valence-electron chi connectivity index (χ2n) is 7.89. The Kier molecular flexibility index (Phi) is 8.54. The summed E-state index contributed by atoms with van der Waals surface area (Å²) in [5.74, 6) is 3.57. The van der Waals surface area contributed by atoms with Crippen LogP contribution >= 0.6 is 0 Å². The number of allylic oxidation sites excluding steroid dienone is 2. The molecule has 0 spiro atoms. The first-order valence-electron chi connectivity index (χ1n) is 8.49. The molecule has 0 aliphatic carbocycles. The van der Waals surface area contributed by atoms with Crippen LogP contribution < -0.4 is 0 Å². The molecule has 0 bridgehead atoms. The van der Waals surface area contributed by atoms with Gasteiger partial charge in [0.2, 0.25) is 0 Å². The zero-order chi connectivity index (χ0) is 16.0. The van der Waals surface area contributed by atoms with Crippen LogP contribution in [0, 0.1) is 29.6 Å². The highest BCUT2D eigenvalue weighted by atomic mass is 15.1. The molecule has 0 aliphatic heterocycles. The molecule has 20 heavy (non-hydrogen) atoms. The van der Waals surface area contributed by atoms with Crippen LogP contribution in [-0.2, 0) is 0 Å². The van der Waals surface area contributed by atoms with Crippen LogP contribution in [-0.4, -0.2) is 18.5 Å². The van der Waals surface area contributed by atoms with Crippen molar-refractivity contribution in [3.63, 3.8) is 0 Å². The standard InChI is InChI=1S/C19H39N/c1-13(2)11-18(15(5)6)12-20(10)19(16(7)8)17(9)14(3)4/h13-16,18H,11-12H2,1-10H3/b19-17+. The van der Waals surface area contributed by atoms with Crippen LogP contribution in [0.1, 0.15) is 68.7 Å². The summed E-state index contributed by atoms with van der Waals surface area (Å²) in [5.41, 5.74) is 3.10. The Morgan fingerprint density at radius 2 is 1.35 bits per heavy atom. The minimum atomic E-state index is 0.606. The van der Waals surface area contributed by atoms with E-state index in [0.717, 1.165) is 17.8 Å². The number of hydrogen-bond donors (Lipinski definition) is 0. The Morgan fingerprint density at radius 1 is 0.850 bits per heavy atom. The first-order valence-corrected chi connectivity index (χ1v) is 8.49. The smallest absolute Gasteiger partial charge is 0.0202 e. The van der Waals surface area contributed by atoms with Crippen LogP contribution in [0.15, 0.2) is 11.3 Å². The van der Waals surface area contributed by atoms with E-state index in [1.807, 2.05) is 0 Å². The zero-order valence-electron chi connectivity index (χ0n) is 15.7. The third kappa shape index (κ3) is 6.33. The predicted molar refractivity (Wildman–Crippen MR) is 92.8 cm³/mol. The van der Waals surface area contributed by atoms with Gasteiger partial charge < -0.3 is 4.90 Å². The van der Waals surface area contributed by atoms with E-state index in [-0.39, 0.29) is 0 Å². The molecule has 1 nitrogen and oxygen atoms in total. The molecule has 0 N–H and O–H groups in total. The molecule has 120 valence electrons. The van der Waals surface area contributed by atoms with Gasteiger partial charge in [0.25, 0.3) is 0 Å². The SMILES string of the molecule is C/C(=C(/C(C)C)N(C)CC(CC(C)C)C(C)C)C(C)C. The summed E-state index contributed by atoms with van der Waals surface area (Å²) in [5, 5.41) is 0. The number of nitrogens with zero attached hydrogens (tertiary/aromatic N) is 1. The molecule has 0 amide bonds. The van der Waals surface area contributed by atoms with Gasteiger partial charge in [-0.05, 0) is 42.9 Å². The van der Waals surface area contributed by atoms with Crippen molar-refractivity contribution in [3.05, 3.63) is 11.3 Å². The first kappa shape index (κ1) is 19.5. The van der Waals surface area contributed by atoms with Gasteiger partial charge in [0.05, 0.1) is 0 Å². The van der Waals surface area contributed by atoms with Crippen LogP contribution in [0.4, 0.5) is 0 Å². The Labute approximate surface area is 128 Å². The predicted octanol–water partition coefficient (Wildman–Crippen LogP) is 5.82. The van der Waals surface area contributed by atoms with Crippen molar-refractivity contribution in [2.24, 2.45) is 29.6 Å². The van der Waals surface area contributed by atoms with Gasteiger partial charge in [-0.3, -0.25) is 0 Å². The van der Waals surface area contributed by atoms with Gasteiger partial charge in [0, 0.05) is 19.3 Å². The molecule has 0 saturated carbocycles. The average molecular weight is 282 g/mol. The maximum absolute atomic E-state index is 2.53. The van der Waals surface area contributed by atoms with Crippen LogP contribution in [0.5, 0.6) is 0 Å². The molecule has 1 unspecified atom stereocenters. The summed E-state index contributed by atoms with van der Waals surface area (Å²) in [4.78, 5) is 2.53. The minimum Gasteiger partial charge on any atom is -0.377 e. The van der Waals surface area contributed by atoms with E-state index in [4.69, 9.17) is 0 Å². The topological polar surface area (TPSA) is 3.24 Å². The summed E-state index contributed by atoms with van der Waals surface area (Å²) < 4.78 is 0. The second-order valence-corrected chi connectivity index (χ2v) is 7.89. The lowest BCUT2D eigenvalue weighted by Crippen LogP contribution is -2.31. The molecule has 0 saturated heterocycles.